The standard InChI is InChI=1S/C20H22O10/c1-5-6-8(27-13(5)24)10(22)19-12-7(21)9(17(2,3)4)18(19)11(23)14(25)29-16(18)30-20(6,19)15(26)28-12/h7-12,16,21-23H,1-4H3/t7-,8?,9+,10+,11+,12?,16?,18?,19?,20-/m1/s1. The lowest BCUT2D eigenvalue weighted by atomic mass is 9.51. The van der Waals surface area contributed by atoms with Crippen molar-refractivity contribution >= 4 is 17.9 Å². The number of carbonyl (C=O) groups is 3. The molecule has 5 fully saturated rings. The summed E-state index contributed by atoms with van der Waals surface area (Å²) in [4.78, 5) is 38.1. The summed E-state index contributed by atoms with van der Waals surface area (Å²) in [6.45, 7) is 6.90. The minimum absolute atomic E-state index is 0.0955. The average molecular weight is 422 g/mol. The fraction of sp³-hybridized carbons (Fsp3) is 0.750. The van der Waals surface area contributed by atoms with E-state index in [1.165, 1.54) is 6.92 Å². The topological polar surface area (TPSA) is 149 Å². The highest BCUT2D eigenvalue weighted by molar-refractivity contribution is 6.00. The Bertz CT molecular complexity index is 979. The first-order valence-corrected chi connectivity index (χ1v) is 9.96. The Balaban J connectivity index is 1.76. The molecule has 0 radical (unpaired) electrons. The highest BCUT2D eigenvalue weighted by Crippen LogP contribution is 2.83. The van der Waals surface area contributed by atoms with Gasteiger partial charge in [0, 0.05) is 17.1 Å². The lowest BCUT2D eigenvalue weighted by Crippen LogP contribution is -2.62. The van der Waals surface area contributed by atoms with Crippen LogP contribution in [0.15, 0.2) is 11.1 Å². The van der Waals surface area contributed by atoms with Crippen LogP contribution in [0.25, 0.3) is 0 Å². The number of aliphatic hydroxyl groups is 3. The van der Waals surface area contributed by atoms with Gasteiger partial charge in [0.05, 0.1) is 16.9 Å². The van der Waals surface area contributed by atoms with Gasteiger partial charge in [0.15, 0.2) is 12.2 Å². The molecule has 0 aromatic heterocycles. The monoisotopic (exact) mass is 422 g/mol. The lowest BCUT2D eigenvalue weighted by Gasteiger charge is -2.47. The van der Waals surface area contributed by atoms with E-state index in [0.717, 1.165) is 0 Å². The van der Waals surface area contributed by atoms with Crippen LogP contribution in [0.1, 0.15) is 27.7 Å². The third-order valence-electron chi connectivity index (χ3n) is 8.30. The highest BCUT2D eigenvalue weighted by atomic mass is 16.7. The second-order valence-electron chi connectivity index (χ2n) is 10.2. The summed E-state index contributed by atoms with van der Waals surface area (Å²) < 4.78 is 22.5. The van der Waals surface area contributed by atoms with Crippen LogP contribution in [0.5, 0.6) is 0 Å². The van der Waals surface area contributed by atoms with Gasteiger partial charge < -0.3 is 34.3 Å². The van der Waals surface area contributed by atoms with Crippen LogP contribution < -0.4 is 0 Å². The molecule has 3 N–H and O–H groups in total. The molecule has 4 heterocycles. The first-order chi connectivity index (χ1) is 13.9. The predicted molar refractivity (Wildman–Crippen MR) is 92.0 cm³/mol. The van der Waals surface area contributed by atoms with E-state index in [9.17, 15) is 29.7 Å². The number of aliphatic hydroxyl groups excluding tert-OH is 3. The van der Waals surface area contributed by atoms with Gasteiger partial charge in [-0.15, -0.1) is 0 Å². The first-order valence-electron chi connectivity index (χ1n) is 9.96. The Hall–Kier alpha value is -2.01. The number of hydrogen-bond donors (Lipinski definition) is 3. The molecule has 0 aromatic carbocycles. The molecule has 30 heavy (non-hydrogen) atoms. The number of ether oxygens (including phenoxy) is 4. The normalized spacial score (nSPS) is 55.3. The van der Waals surface area contributed by atoms with Crippen LogP contribution in [0.4, 0.5) is 0 Å². The molecule has 10 nitrogen and oxygen atoms in total. The van der Waals surface area contributed by atoms with E-state index in [1.54, 1.807) is 0 Å². The summed E-state index contributed by atoms with van der Waals surface area (Å²) in [6, 6.07) is 0. The molecule has 162 valence electrons. The molecule has 2 spiro atoms. The van der Waals surface area contributed by atoms with E-state index in [1.807, 2.05) is 20.8 Å². The fourth-order valence-electron chi connectivity index (χ4n) is 7.79. The summed E-state index contributed by atoms with van der Waals surface area (Å²) in [5.74, 6) is -3.41. The van der Waals surface area contributed by atoms with Crippen LogP contribution >= 0.6 is 0 Å². The predicted octanol–water partition coefficient (Wildman–Crippen LogP) is -1.45. The van der Waals surface area contributed by atoms with E-state index in [0.29, 0.717) is 0 Å². The maximum absolute atomic E-state index is 13.3. The van der Waals surface area contributed by atoms with Crippen LogP contribution in [-0.4, -0.2) is 75.6 Å². The summed E-state index contributed by atoms with van der Waals surface area (Å²) in [7, 11) is 0. The average Bonchev–Trinajstić information content (AvgIpc) is 3.34. The molecular weight excluding hydrogens is 400 g/mol. The van der Waals surface area contributed by atoms with Gasteiger partial charge in [0.2, 0.25) is 11.9 Å². The van der Waals surface area contributed by atoms with E-state index < -0.39 is 82.5 Å². The maximum atomic E-state index is 13.3. The number of fused-ring (bicyclic) bond motifs is 1. The van der Waals surface area contributed by atoms with Crippen molar-refractivity contribution in [2.75, 3.05) is 0 Å². The molecule has 5 unspecified atom stereocenters. The Kier molecular flexibility index (Phi) is 2.96. The van der Waals surface area contributed by atoms with Crippen molar-refractivity contribution in [1.82, 2.24) is 0 Å². The molecule has 2 saturated carbocycles. The van der Waals surface area contributed by atoms with Crippen molar-refractivity contribution in [2.45, 2.75) is 70.1 Å². The summed E-state index contributed by atoms with van der Waals surface area (Å²) in [6.07, 6.45) is -8.59. The minimum atomic E-state index is -2.01. The molecule has 2 aliphatic carbocycles. The molecule has 4 aliphatic heterocycles. The number of hydrogen-bond acceptors (Lipinski definition) is 10. The van der Waals surface area contributed by atoms with Gasteiger partial charge in [-0.1, -0.05) is 20.8 Å². The molecule has 0 bridgehead atoms. The molecule has 6 rings (SSSR count). The van der Waals surface area contributed by atoms with Gasteiger partial charge in [-0.25, -0.2) is 14.4 Å². The van der Waals surface area contributed by atoms with Crippen molar-refractivity contribution in [3.05, 3.63) is 11.1 Å². The van der Waals surface area contributed by atoms with Crippen LogP contribution in [-0.2, 0) is 33.3 Å². The van der Waals surface area contributed by atoms with Crippen LogP contribution in [0.3, 0.4) is 0 Å². The smallest absolute Gasteiger partial charge is 0.344 e. The molecule has 3 saturated heterocycles. The number of rotatable bonds is 0. The van der Waals surface area contributed by atoms with Crippen molar-refractivity contribution in [2.24, 2.45) is 22.2 Å². The van der Waals surface area contributed by atoms with Crippen molar-refractivity contribution in [3.63, 3.8) is 0 Å². The molecule has 10 heteroatoms. The molecule has 0 aromatic rings. The van der Waals surface area contributed by atoms with Gasteiger partial charge in [-0.05, 0) is 12.3 Å². The largest absolute Gasteiger partial charge is 0.456 e. The molecule has 6 aliphatic rings. The molecule has 0 amide bonds. The van der Waals surface area contributed by atoms with Gasteiger partial charge >= 0.3 is 17.9 Å². The molecular formula is C20H22O10. The molecule has 10 atom stereocenters. The van der Waals surface area contributed by atoms with Gasteiger partial charge in [-0.3, -0.25) is 0 Å². The van der Waals surface area contributed by atoms with Crippen LogP contribution in [0, 0.1) is 22.2 Å². The Labute approximate surface area is 170 Å². The minimum Gasteiger partial charge on any atom is -0.456 e. The van der Waals surface area contributed by atoms with Crippen molar-refractivity contribution < 1.29 is 48.7 Å². The summed E-state index contributed by atoms with van der Waals surface area (Å²) >= 11 is 0. The van der Waals surface area contributed by atoms with E-state index in [4.69, 9.17) is 18.9 Å². The number of carbonyl (C=O) groups excluding carboxylic acids is 3. The van der Waals surface area contributed by atoms with Gasteiger partial charge in [-0.2, -0.15) is 0 Å². The number of esters is 3. The fourth-order valence-corrected chi connectivity index (χ4v) is 7.79. The first kappa shape index (κ1) is 18.7. The maximum Gasteiger partial charge on any atom is 0.344 e. The second kappa shape index (κ2) is 4.74. The van der Waals surface area contributed by atoms with E-state index in [-0.39, 0.29) is 11.1 Å². The Morgan fingerprint density at radius 2 is 1.67 bits per heavy atom. The lowest BCUT2D eigenvalue weighted by molar-refractivity contribution is -0.194. The second-order valence-corrected chi connectivity index (χ2v) is 10.2. The van der Waals surface area contributed by atoms with Gasteiger partial charge in [0.25, 0.3) is 0 Å². The van der Waals surface area contributed by atoms with Gasteiger partial charge in [0.1, 0.15) is 12.2 Å². The zero-order valence-corrected chi connectivity index (χ0v) is 16.7. The quantitative estimate of drug-likeness (QED) is 0.313. The summed E-state index contributed by atoms with van der Waals surface area (Å²) in [5, 5.41) is 34.2. The summed E-state index contributed by atoms with van der Waals surface area (Å²) in [5.41, 5.74) is -5.97. The Morgan fingerprint density at radius 1 is 1.00 bits per heavy atom. The third kappa shape index (κ3) is 1.37. The highest BCUT2D eigenvalue weighted by Gasteiger charge is 3.01. The van der Waals surface area contributed by atoms with E-state index in [2.05, 4.69) is 0 Å². The van der Waals surface area contributed by atoms with Crippen molar-refractivity contribution in [3.8, 4) is 0 Å². The van der Waals surface area contributed by atoms with E-state index >= 15 is 0 Å². The Morgan fingerprint density at radius 3 is 2.30 bits per heavy atom. The zero-order valence-electron chi connectivity index (χ0n) is 16.7. The van der Waals surface area contributed by atoms with Crippen LogP contribution in [0.2, 0.25) is 0 Å². The van der Waals surface area contributed by atoms with Crippen molar-refractivity contribution in [1.29, 1.82) is 0 Å². The SMILES string of the molecule is CC1=C2C(OC1=O)[C@H](O)C13C4OC(=O)[C@]21OC1OC(=O)[C@H](O)C13[C@H](C(C)(C)C)[C@H]4O. The third-order valence-corrected chi connectivity index (χ3v) is 8.30. The zero-order chi connectivity index (χ0) is 21.8.